The van der Waals surface area contributed by atoms with Crippen LogP contribution < -0.4 is 0 Å². The number of nitrogens with zero attached hydrogens (tertiary/aromatic N) is 3. The predicted molar refractivity (Wildman–Crippen MR) is 72.5 cm³/mol. The first-order valence-electron chi connectivity index (χ1n) is 7.17. The summed E-state index contributed by atoms with van der Waals surface area (Å²) in [4.78, 5) is 30.0. The van der Waals surface area contributed by atoms with E-state index in [1.54, 1.807) is 22.8 Å². The number of aryl methyl sites for hydroxylation is 1. The highest BCUT2D eigenvalue weighted by molar-refractivity contribution is 5.82. The van der Waals surface area contributed by atoms with E-state index in [4.69, 9.17) is 4.74 Å². The van der Waals surface area contributed by atoms with Crippen LogP contribution in [0.4, 0.5) is 0 Å². The van der Waals surface area contributed by atoms with Crippen molar-refractivity contribution in [3.8, 4) is 0 Å². The van der Waals surface area contributed by atoms with Gasteiger partial charge < -0.3 is 19.3 Å². The Morgan fingerprint density at radius 1 is 1.38 bits per heavy atom. The van der Waals surface area contributed by atoms with Crippen molar-refractivity contribution in [3.63, 3.8) is 0 Å². The fourth-order valence-electron chi connectivity index (χ4n) is 3.17. The predicted octanol–water partition coefficient (Wildman–Crippen LogP) is 0.357. The summed E-state index contributed by atoms with van der Waals surface area (Å²) in [5.41, 5.74) is 1.40. The van der Waals surface area contributed by atoms with E-state index in [1.165, 1.54) is 0 Å². The molecule has 1 N–H and O–H groups in total. The van der Waals surface area contributed by atoms with E-state index in [9.17, 15) is 14.7 Å². The number of ether oxygens (including phenoxy) is 1. The summed E-state index contributed by atoms with van der Waals surface area (Å²) < 4.78 is 7.02. The number of amides is 1. The maximum absolute atomic E-state index is 12.6. The van der Waals surface area contributed by atoms with Crippen molar-refractivity contribution in [1.29, 1.82) is 0 Å². The molecule has 114 valence electrons. The Morgan fingerprint density at radius 2 is 2.10 bits per heavy atom. The van der Waals surface area contributed by atoms with Crippen LogP contribution in [0.2, 0.25) is 0 Å². The quantitative estimate of drug-likeness (QED) is 0.851. The van der Waals surface area contributed by atoms with Crippen LogP contribution in [0.25, 0.3) is 0 Å². The number of carboxylic acid groups (broad SMARTS) is 1. The zero-order valence-corrected chi connectivity index (χ0v) is 12.0. The van der Waals surface area contributed by atoms with E-state index in [0.717, 1.165) is 0 Å². The fourth-order valence-corrected chi connectivity index (χ4v) is 3.17. The van der Waals surface area contributed by atoms with Crippen molar-refractivity contribution >= 4 is 11.9 Å². The molecule has 2 aliphatic heterocycles. The summed E-state index contributed by atoms with van der Waals surface area (Å²) in [6, 6.07) is 0. The molecule has 0 bridgehead atoms. The molecule has 1 aromatic heterocycles. The summed E-state index contributed by atoms with van der Waals surface area (Å²) in [6.45, 7) is 1.82. The summed E-state index contributed by atoms with van der Waals surface area (Å²) in [5, 5.41) is 9.44. The number of fused-ring (bicyclic) bond motifs is 1. The molecule has 0 aliphatic carbocycles. The molecule has 1 atom stereocenters. The van der Waals surface area contributed by atoms with Gasteiger partial charge in [0.05, 0.1) is 24.3 Å². The molecule has 0 radical (unpaired) electrons. The van der Waals surface area contributed by atoms with Gasteiger partial charge in [0.25, 0.3) is 0 Å². The zero-order valence-electron chi connectivity index (χ0n) is 12.0. The molecule has 0 spiro atoms. The van der Waals surface area contributed by atoms with Gasteiger partial charge in [-0.25, -0.2) is 4.98 Å². The molecular formula is C14H19N3O4. The summed E-state index contributed by atoms with van der Waals surface area (Å²) in [7, 11) is 1.79. The second-order valence-corrected chi connectivity index (χ2v) is 5.68. The number of aromatic nitrogens is 2. The molecule has 1 saturated heterocycles. The molecule has 21 heavy (non-hydrogen) atoms. The van der Waals surface area contributed by atoms with Crippen LogP contribution in [0.15, 0.2) is 6.33 Å². The Kier molecular flexibility index (Phi) is 3.67. The minimum atomic E-state index is -0.913. The minimum absolute atomic E-state index is 0.0286. The normalized spacial score (nSPS) is 22.9. The molecule has 7 heteroatoms. The van der Waals surface area contributed by atoms with Crippen molar-refractivity contribution in [2.24, 2.45) is 13.0 Å². The fraction of sp³-hybridized carbons (Fsp3) is 0.643. The second kappa shape index (κ2) is 5.48. The van der Waals surface area contributed by atoms with Crippen LogP contribution in [-0.4, -0.2) is 51.2 Å². The van der Waals surface area contributed by atoms with Gasteiger partial charge in [0, 0.05) is 32.7 Å². The highest BCUT2D eigenvalue weighted by Crippen LogP contribution is 2.29. The van der Waals surface area contributed by atoms with Gasteiger partial charge in [0.15, 0.2) is 0 Å². The molecule has 3 heterocycles. The van der Waals surface area contributed by atoms with Crippen LogP contribution in [0.5, 0.6) is 0 Å². The molecule has 7 nitrogen and oxygen atoms in total. The van der Waals surface area contributed by atoms with Crippen molar-refractivity contribution in [3.05, 3.63) is 17.7 Å². The number of carboxylic acids is 1. The number of rotatable bonds is 2. The standard InChI is InChI=1S/C14H19N3O4/c1-16-8-15-11-7-17(6-10(12(11)16)14(19)20)13(18)9-2-4-21-5-3-9/h8-10H,2-7H2,1H3,(H,19,20)/t10-/m0/s1. The highest BCUT2D eigenvalue weighted by atomic mass is 16.5. The van der Waals surface area contributed by atoms with Crippen LogP contribution in [0.1, 0.15) is 30.1 Å². The third-order valence-electron chi connectivity index (χ3n) is 4.32. The van der Waals surface area contributed by atoms with Gasteiger partial charge in [-0.05, 0) is 12.8 Å². The molecular weight excluding hydrogens is 274 g/mol. The van der Waals surface area contributed by atoms with Gasteiger partial charge in [0.1, 0.15) is 5.92 Å². The number of carbonyl (C=O) groups excluding carboxylic acids is 1. The summed E-state index contributed by atoms with van der Waals surface area (Å²) in [5.74, 6) is -1.64. The van der Waals surface area contributed by atoms with Crippen molar-refractivity contribution in [2.75, 3.05) is 19.8 Å². The van der Waals surface area contributed by atoms with Crippen LogP contribution >= 0.6 is 0 Å². The monoisotopic (exact) mass is 293 g/mol. The third-order valence-corrected chi connectivity index (χ3v) is 4.32. The van der Waals surface area contributed by atoms with Gasteiger partial charge in [-0.1, -0.05) is 0 Å². The lowest BCUT2D eigenvalue weighted by atomic mass is 9.94. The van der Waals surface area contributed by atoms with E-state index in [2.05, 4.69) is 4.98 Å². The molecule has 0 unspecified atom stereocenters. The lowest BCUT2D eigenvalue weighted by Gasteiger charge is -2.34. The molecule has 1 amide bonds. The van der Waals surface area contributed by atoms with Gasteiger partial charge in [-0.3, -0.25) is 9.59 Å². The Morgan fingerprint density at radius 3 is 2.76 bits per heavy atom. The van der Waals surface area contributed by atoms with Crippen molar-refractivity contribution in [1.82, 2.24) is 14.5 Å². The van der Waals surface area contributed by atoms with E-state index in [0.29, 0.717) is 44.0 Å². The molecule has 1 fully saturated rings. The number of imidazole rings is 1. The number of aliphatic carboxylic acids is 1. The average Bonchev–Trinajstić information content (AvgIpc) is 2.88. The SMILES string of the molecule is Cn1cnc2c1[C@@H](C(=O)O)CN(C(=O)C1CCOCC1)C2. The van der Waals surface area contributed by atoms with Gasteiger partial charge in [-0.15, -0.1) is 0 Å². The second-order valence-electron chi connectivity index (χ2n) is 5.68. The molecule has 0 aromatic carbocycles. The Bertz CT molecular complexity index is 563. The largest absolute Gasteiger partial charge is 0.481 e. The van der Waals surface area contributed by atoms with Crippen molar-refractivity contribution in [2.45, 2.75) is 25.3 Å². The van der Waals surface area contributed by atoms with Gasteiger partial charge >= 0.3 is 5.97 Å². The smallest absolute Gasteiger partial charge is 0.314 e. The Balaban J connectivity index is 1.82. The lowest BCUT2D eigenvalue weighted by Crippen LogP contribution is -2.44. The first-order chi connectivity index (χ1) is 10.1. The topological polar surface area (TPSA) is 84.7 Å². The first kappa shape index (κ1) is 14.1. The first-order valence-corrected chi connectivity index (χ1v) is 7.17. The van der Waals surface area contributed by atoms with E-state index in [1.807, 2.05) is 0 Å². The maximum Gasteiger partial charge on any atom is 0.314 e. The minimum Gasteiger partial charge on any atom is -0.481 e. The van der Waals surface area contributed by atoms with E-state index >= 15 is 0 Å². The van der Waals surface area contributed by atoms with Crippen LogP contribution in [0, 0.1) is 5.92 Å². The molecule has 0 saturated carbocycles. The Hall–Kier alpha value is -1.89. The molecule has 2 aliphatic rings. The van der Waals surface area contributed by atoms with Gasteiger partial charge in [0.2, 0.25) is 5.91 Å². The summed E-state index contributed by atoms with van der Waals surface area (Å²) in [6.07, 6.45) is 3.04. The molecule has 1 aromatic rings. The Labute approximate surface area is 122 Å². The van der Waals surface area contributed by atoms with Crippen LogP contribution in [-0.2, 0) is 27.9 Å². The van der Waals surface area contributed by atoms with Crippen LogP contribution in [0.3, 0.4) is 0 Å². The molecule has 3 rings (SSSR count). The summed E-state index contributed by atoms with van der Waals surface area (Å²) >= 11 is 0. The van der Waals surface area contributed by atoms with Crippen molar-refractivity contribution < 1.29 is 19.4 Å². The van der Waals surface area contributed by atoms with E-state index in [-0.39, 0.29) is 18.4 Å². The zero-order chi connectivity index (χ0) is 15.0. The number of carbonyl (C=O) groups is 2. The van der Waals surface area contributed by atoms with E-state index < -0.39 is 11.9 Å². The van der Waals surface area contributed by atoms with Gasteiger partial charge in [-0.2, -0.15) is 0 Å². The number of hydrogen-bond donors (Lipinski definition) is 1. The highest BCUT2D eigenvalue weighted by Gasteiger charge is 2.37. The average molecular weight is 293 g/mol. The lowest BCUT2D eigenvalue weighted by molar-refractivity contribution is -0.144. The third kappa shape index (κ3) is 2.53. The maximum atomic E-state index is 12.6. The number of hydrogen-bond acceptors (Lipinski definition) is 4.